The molecule has 0 fully saturated rings. The Labute approximate surface area is 153 Å². The number of benzene rings is 1. The third-order valence-electron chi connectivity index (χ3n) is 3.33. The molecule has 0 saturated carbocycles. The molecule has 1 aromatic carbocycles. The van der Waals surface area contributed by atoms with Gasteiger partial charge in [-0.2, -0.15) is 5.26 Å². The Hall–Kier alpha value is -1.68. The lowest BCUT2D eigenvalue weighted by atomic mass is 9.87. The van der Waals surface area contributed by atoms with Crippen molar-refractivity contribution in [3.8, 4) is 6.07 Å². The van der Waals surface area contributed by atoms with E-state index in [0.717, 1.165) is 11.8 Å². The molecule has 5 nitrogen and oxygen atoms in total. The Morgan fingerprint density at radius 3 is 2.88 bits per heavy atom. The van der Waals surface area contributed by atoms with E-state index in [1.54, 1.807) is 25.1 Å². The number of nitrogens with zero attached hydrogens (tertiary/aromatic N) is 1. The number of rotatable bonds is 5. The third kappa shape index (κ3) is 4.44. The first-order valence-corrected chi connectivity index (χ1v) is 8.87. The van der Waals surface area contributed by atoms with Crippen LogP contribution in [0.4, 0.5) is 0 Å². The third-order valence-corrected chi connectivity index (χ3v) is 4.89. The van der Waals surface area contributed by atoms with Gasteiger partial charge < -0.3 is 10.1 Å². The SMILES string of the molecule is CCOC(=O)CSC1=C(C#N)[C@H](c2ccc(Cl)cc2Cl)CC(=O)N1. The van der Waals surface area contributed by atoms with Crippen LogP contribution < -0.4 is 5.32 Å². The molecule has 2 rings (SSSR count). The largest absolute Gasteiger partial charge is 0.465 e. The molecule has 1 amide bonds. The first-order valence-electron chi connectivity index (χ1n) is 7.13. The van der Waals surface area contributed by atoms with Crippen molar-refractivity contribution < 1.29 is 14.3 Å². The van der Waals surface area contributed by atoms with Crippen molar-refractivity contribution in [3.63, 3.8) is 0 Å². The topological polar surface area (TPSA) is 79.2 Å². The van der Waals surface area contributed by atoms with Crippen LogP contribution in [-0.4, -0.2) is 24.2 Å². The van der Waals surface area contributed by atoms with E-state index in [4.69, 9.17) is 27.9 Å². The molecule has 0 aliphatic carbocycles. The number of ether oxygens (including phenoxy) is 1. The molecule has 1 atom stereocenters. The molecular weight excluding hydrogens is 371 g/mol. The highest BCUT2D eigenvalue weighted by Gasteiger charge is 2.31. The minimum Gasteiger partial charge on any atom is -0.465 e. The van der Waals surface area contributed by atoms with Crippen LogP contribution in [0.5, 0.6) is 0 Å². The Balaban J connectivity index is 2.33. The average Bonchev–Trinajstić information content (AvgIpc) is 2.52. The number of esters is 1. The van der Waals surface area contributed by atoms with Crippen LogP contribution in [0, 0.1) is 11.3 Å². The van der Waals surface area contributed by atoms with Gasteiger partial charge in [0.2, 0.25) is 5.91 Å². The number of allylic oxidation sites excluding steroid dienone is 1. The predicted octanol–water partition coefficient (Wildman–Crippen LogP) is 3.63. The maximum absolute atomic E-state index is 12.0. The molecule has 0 saturated heterocycles. The molecule has 1 N–H and O–H groups in total. The van der Waals surface area contributed by atoms with Crippen LogP contribution in [0.25, 0.3) is 0 Å². The number of hydrogen-bond donors (Lipinski definition) is 1. The fraction of sp³-hybridized carbons (Fsp3) is 0.312. The molecule has 126 valence electrons. The van der Waals surface area contributed by atoms with Crippen LogP contribution in [0.1, 0.15) is 24.8 Å². The van der Waals surface area contributed by atoms with Crippen LogP contribution >= 0.6 is 35.0 Å². The number of thioether (sulfide) groups is 1. The second kappa shape index (κ2) is 8.43. The smallest absolute Gasteiger partial charge is 0.316 e. The van der Waals surface area contributed by atoms with Crippen molar-refractivity contribution in [1.29, 1.82) is 5.26 Å². The maximum Gasteiger partial charge on any atom is 0.316 e. The second-order valence-electron chi connectivity index (χ2n) is 4.92. The summed E-state index contributed by atoms with van der Waals surface area (Å²) in [7, 11) is 0. The van der Waals surface area contributed by atoms with Gasteiger partial charge in [0.25, 0.3) is 0 Å². The van der Waals surface area contributed by atoms with Crippen LogP contribution in [0.3, 0.4) is 0 Å². The number of amides is 1. The fourth-order valence-electron chi connectivity index (χ4n) is 2.32. The summed E-state index contributed by atoms with van der Waals surface area (Å²) < 4.78 is 4.86. The van der Waals surface area contributed by atoms with Crippen molar-refractivity contribution in [2.75, 3.05) is 12.4 Å². The van der Waals surface area contributed by atoms with Gasteiger partial charge in [0.15, 0.2) is 0 Å². The van der Waals surface area contributed by atoms with E-state index in [-0.39, 0.29) is 24.7 Å². The zero-order valence-corrected chi connectivity index (χ0v) is 15.1. The van der Waals surface area contributed by atoms with Crippen molar-refractivity contribution in [1.82, 2.24) is 5.32 Å². The molecule has 24 heavy (non-hydrogen) atoms. The van der Waals surface area contributed by atoms with Gasteiger partial charge >= 0.3 is 5.97 Å². The number of carbonyl (C=O) groups is 2. The molecule has 0 spiro atoms. The summed E-state index contributed by atoms with van der Waals surface area (Å²) in [6.07, 6.45) is 0.105. The van der Waals surface area contributed by atoms with Gasteiger partial charge in [-0.05, 0) is 24.6 Å². The van der Waals surface area contributed by atoms with E-state index in [2.05, 4.69) is 11.4 Å². The van der Waals surface area contributed by atoms with Gasteiger partial charge in [-0.25, -0.2) is 0 Å². The highest BCUT2D eigenvalue weighted by molar-refractivity contribution is 8.03. The second-order valence-corrected chi connectivity index (χ2v) is 6.75. The molecule has 0 aromatic heterocycles. The lowest BCUT2D eigenvalue weighted by molar-refractivity contribution is -0.139. The van der Waals surface area contributed by atoms with Gasteiger partial charge in [-0.3, -0.25) is 9.59 Å². The summed E-state index contributed by atoms with van der Waals surface area (Å²) in [4.78, 5) is 23.5. The lowest BCUT2D eigenvalue weighted by Gasteiger charge is -2.25. The van der Waals surface area contributed by atoms with E-state index in [1.165, 1.54) is 0 Å². The first-order chi connectivity index (χ1) is 11.5. The van der Waals surface area contributed by atoms with Gasteiger partial charge in [0.1, 0.15) is 0 Å². The maximum atomic E-state index is 12.0. The highest BCUT2D eigenvalue weighted by atomic mass is 35.5. The van der Waals surface area contributed by atoms with Gasteiger partial charge in [0, 0.05) is 22.4 Å². The van der Waals surface area contributed by atoms with Gasteiger partial charge in [-0.15, -0.1) is 0 Å². The summed E-state index contributed by atoms with van der Waals surface area (Å²) in [5, 5.41) is 13.4. The van der Waals surface area contributed by atoms with E-state index >= 15 is 0 Å². The summed E-state index contributed by atoms with van der Waals surface area (Å²) in [5.74, 6) is -1.11. The number of nitriles is 1. The minimum atomic E-state index is -0.474. The van der Waals surface area contributed by atoms with E-state index in [9.17, 15) is 14.9 Å². The Morgan fingerprint density at radius 2 is 2.25 bits per heavy atom. The first kappa shape index (κ1) is 18.7. The summed E-state index contributed by atoms with van der Waals surface area (Å²) in [6, 6.07) is 7.07. The minimum absolute atomic E-state index is 0.00963. The monoisotopic (exact) mass is 384 g/mol. The number of nitrogens with one attached hydrogen (secondary N) is 1. The van der Waals surface area contributed by atoms with Crippen molar-refractivity contribution in [2.24, 2.45) is 0 Å². The van der Waals surface area contributed by atoms with E-state index in [0.29, 0.717) is 26.2 Å². The molecule has 8 heteroatoms. The fourth-order valence-corrected chi connectivity index (χ4v) is 3.73. The van der Waals surface area contributed by atoms with Crippen molar-refractivity contribution in [2.45, 2.75) is 19.3 Å². The predicted molar refractivity (Wildman–Crippen MR) is 93.7 cm³/mol. The molecule has 1 heterocycles. The molecular formula is C16H14Cl2N2O3S. The molecule has 1 aliphatic heterocycles. The quantitative estimate of drug-likeness (QED) is 0.783. The normalized spacial score (nSPS) is 17.2. The van der Waals surface area contributed by atoms with E-state index < -0.39 is 11.9 Å². The molecule has 1 aliphatic rings. The van der Waals surface area contributed by atoms with Crippen molar-refractivity contribution in [3.05, 3.63) is 44.4 Å². The number of hydrogen-bond acceptors (Lipinski definition) is 5. The molecule has 1 aromatic rings. The summed E-state index contributed by atoms with van der Waals surface area (Å²) >= 11 is 13.2. The highest BCUT2D eigenvalue weighted by Crippen LogP contribution is 2.39. The Kier molecular flexibility index (Phi) is 6.55. The Morgan fingerprint density at radius 1 is 1.50 bits per heavy atom. The number of carbonyl (C=O) groups excluding carboxylic acids is 2. The lowest BCUT2D eigenvalue weighted by Crippen LogP contribution is -2.31. The van der Waals surface area contributed by atoms with Crippen LogP contribution in [-0.2, 0) is 14.3 Å². The van der Waals surface area contributed by atoms with Gasteiger partial charge in [-0.1, -0.05) is 41.0 Å². The molecule has 0 radical (unpaired) electrons. The van der Waals surface area contributed by atoms with Crippen LogP contribution in [0.2, 0.25) is 10.0 Å². The standard InChI is InChI=1S/C16H14Cl2N2O3S/c1-2-23-15(22)8-24-16-12(7-19)11(6-14(21)20-16)10-4-3-9(17)5-13(10)18/h3-5,11H,2,6,8H2,1H3,(H,20,21)/t11-/m0/s1. The van der Waals surface area contributed by atoms with Crippen molar-refractivity contribution >= 4 is 46.8 Å². The zero-order chi connectivity index (χ0) is 17.7. The van der Waals surface area contributed by atoms with Crippen LogP contribution in [0.15, 0.2) is 28.8 Å². The molecule has 0 unspecified atom stereocenters. The average molecular weight is 385 g/mol. The number of halogens is 2. The van der Waals surface area contributed by atoms with Gasteiger partial charge in [0.05, 0.1) is 29.0 Å². The Bertz CT molecular complexity index is 743. The summed E-state index contributed by atoms with van der Waals surface area (Å²) in [6.45, 7) is 1.99. The summed E-state index contributed by atoms with van der Waals surface area (Å²) in [5.41, 5.74) is 1.02. The molecule has 0 bridgehead atoms. The van der Waals surface area contributed by atoms with E-state index in [1.807, 2.05) is 0 Å². The zero-order valence-electron chi connectivity index (χ0n) is 12.8.